The van der Waals surface area contributed by atoms with Crippen LogP contribution >= 0.6 is 46.4 Å². The molecule has 2 aromatic carbocycles. The molecule has 0 bridgehead atoms. The van der Waals surface area contributed by atoms with Gasteiger partial charge in [0.05, 0.1) is 19.5 Å². The maximum absolute atomic E-state index is 13.2. The zero-order chi connectivity index (χ0) is 25.5. The largest absolute Gasteiger partial charge is 0.356 e. The summed E-state index contributed by atoms with van der Waals surface area (Å²) in [6, 6.07) is 9.29. The number of amides is 3. The van der Waals surface area contributed by atoms with Gasteiger partial charge < -0.3 is 15.1 Å². The quantitative estimate of drug-likeness (QED) is 0.471. The number of nitrogens with one attached hydrogen (secondary N) is 1. The van der Waals surface area contributed by atoms with Gasteiger partial charge in [-0.25, -0.2) is 0 Å². The van der Waals surface area contributed by atoms with E-state index in [2.05, 4.69) is 11.2 Å². The third kappa shape index (κ3) is 7.28. The van der Waals surface area contributed by atoms with Crippen molar-refractivity contribution in [1.82, 2.24) is 15.1 Å². The summed E-state index contributed by atoms with van der Waals surface area (Å²) in [6.45, 7) is 0.407. The molecule has 1 aliphatic rings. The summed E-state index contributed by atoms with van der Waals surface area (Å²) in [7, 11) is 0. The fourth-order valence-corrected chi connectivity index (χ4v) is 4.83. The number of terminal acetylenes is 1. The summed E-state index contributed by atoms with van der Waals surface area (Å²) in [5.74, 6) is 1.39. The number of piperazine rings is 1. The van der Waals surface area contributed by atoms with Crippen LogP contribution in [0, 0.1) is 12.3 Å². The van der Waals surface area contributed by atoms with Gasteiger partial charge in [-0.2, -0.15) is 0 Å². The molecule has 1 aliphatic heterocycles. The molecule has 3 rings (SSSR count). The lowest BCUT2D eigenvalue weighted by molar-refractivity contribution is -0.156. The second-order valence-corrected chi connectivity index (χ2v) is 9.71. The molecule has 1 saturated heterocycles. The average molecular weight is 555 g/mol. The van der Waals surface area contributed by atoms with Crippen molar-refractivity contribution in [2.75, 3.05) is 26.2 Å². The highest BCUT2D eigenvalue weighted by Gasteiger charge is 2.39. The summed E-state index contributed by atoms with van der Waals surface area (Å²) in [5, 5.41) is 4.82. The third-order valence-electron chi connectivity index (χ3n) is 5.66. The minimum Gasteiger partial charge on any atom is -0.356 e. The summed E-state index contributed by atoms with van der Waals surface area (Å²) in [6.07, 6.45) is 6.14. The smallest absolute Gasteiger partial charge is 0.246 e. The van der Waals surface area contributed by atoms with E-state index in [0.29, 0.717) is 39.5 Å². The Kier molecular flexibility index (Phi) is 9.71. The van der Waals surface area contributed by atoms with Crippen LogP contribution < -0.4 is 5.32 Å². The van der Waals surface area contributed by atoms with E-state index in [1.54, 1.807) is 36.4 Å². The highest BCUT2D eigenvalue weighted by molar-refractivity contribution is 6.35. The van der Waals surface area contributed by atoms with Gasteiger partial charge in [-0.15, -0.1) is 6.42 Å². The molecule has 1 heterocycles. The van der Waals surface area contributed by atoms with Gasteiger partial charge in [0.25, 0.3) is 0 Å². The normalized spacial score (nSPS) is 15.8. The van der Waals surface area contributed by atoms with Gasteiger partial charge in [0, 0.05) is 33.2 Å². The van der Waals surface area contributed by atoms with Crippen molar-refractivity contribution in [3.63, 3.8) is 0 Å². The molecule has 0 aromatic heterocycles. The van der Waals surface area contributed by atoms with Crippen LogP contribution in [0.3, 0.4) is 0 Å². The van der Waals surface area contributed by atoms with Gasteiger partial charge in [-0.3, -0.25) is 14.4 Å². The first-order chi connectivity index (χ1) is 16.7. The van der Waals surface area contributed by atoms with E-state index >= 15 is 0 Å². The van der Waals surface area contributed by atoms with Gasteiger partial charge in [0.1, 0.15) is 6.04 Å². The summed E-state index contributed by atoms with van der Waals surface area (Å²) in [5.41, 5.74) is 1.64. The second kappa shape index (κ2) is 12.5. The monoisotopic (exact) mass is 553 g/mol. The van der Waals surface area contributed by atoms with Crippen molar-refractivity contribution in [1.29, 1.82) is 0 Å². The van der Waals surface area contributed by atoms with Gasteiger partial charge in [0.15, 0.2) is 0 Å². The van der Waals surface area contributed by atoms with E-state index in [1.165, 1.54) is 9.80 Å². The maximum atomic E-state index is 13.2. The topological polar surface area (TPSA) is 69.7 Å². The predicted octanol–water partition coefficient (Wildman–Crippen LogP) is 4.26. The average Bonchev–Trinajstić information content (AvgIpc) is 2.80. The lowest BCUT2D eigenvalue weighted by atomic mass is 10.0. The van der Waals surface area contributed by atoms with E-state index in [-0.39, 0.29) is 43.8 Å². The molecule has 1 fully saturated rings. The first-order valence-electron chi connectivity index (χ1n) is 10.9. The third-order valence-corrected chi connectivity index (χ3v) is 6.83. The van der Waals surface area contributed by atoms with E-state index in [1.807, 2.05) is 0 Å². The van der Waals surface area contributed by atoms with E-state index in [0.717, 1.165) is 11.1 Å². The highest BCUT2D eigenvalue weighted by atomic mass is 35.5. The van der Waals surface area contributed by atoms with Crippen molar-refractivity contribution in [2.24, 2.45) is 0 Å². The Bertz CT molecular complexity index is 1170. The van der Waals surface area contributed by atoms with E-state index in [9.17, 15) is 14.4 Å². The standard InChI is InChI=1S/C25H23Cl4N3O3/c1-2-10-32-22(14-23(33)30-9-7-16-3-5-18(26)12-20(16)28)25(35)31(15-24(32)34)11-8-17-4-6-19(27)13-21(17)29/h1,3-6,12-13,22H,7-11,14-15H2,(H,30,33). The first kappa shape index (κ1) is 27.2. The van der Waals surface area contributed by atoms with Crippen molar-refractivity contribution in [3.8, 4) is 12.3 Å². The number of hydrogen-bond acceptors (Lipinski definition) is 3. The zero-order valence-electron chi connectivity index (χ0n) is 18.7. The molecule has 0 radical (unpaired) electrons. The van der Waals surface area contributed by atoms with Crippen LogP contribution in [0.1, 0.15) is 17.5 Å². The Labute approximate surface area is 224 Å². The van der Waals surface area contributed by atoms with Crippen LogP contribution in [0.4, 0.5) is 0 Å². The predicted molar refractivity (Wildman–Crippen MR) is 139 cm³/mol. The fraction of sp³-hybridized carbons (Fsp3) is 0.320. The number of halogens is 4. The van der Waals surface area contributed by atoms with Crippen LogP contribution in [0.2, 0.25) is 20.1 Å². The van der Waals surface area contributed by atoms with Gasteiger partial charge >= 0.3 is 0 Å². The van der Waals surface area contributed by atoms with Crippen LogP contribution in [-0.2, 0) is 27.2 Å². The Morgan fingerprint density at radius 1 is 1.00 bits per heavy atom. The van der Waals surface area contributed by atoms with Gasteiger partial charge in [-0.05, 0) is 48.2 Å². The van der Waals surface area contributed by atoms with Gasteiger partial charge in [0.2, 0.25) is 17.7 Å². The van der Waals surface area contributed by atoms with E-state index < -0.39 is 6.04 Å². The molecule has 0 saturated carbocycles. The lowest BCUT2D eigenvalue weighted by Crippen LogP contribution is -2.61. The lowest BCUT2D eigenvalue weighted by Gasteiger charge is -2.39. The van der Waals surface area contributed by atoms with Crippen LogP contribution in [0.25, 0.3) is 0 Å². The number of carbonyl (C=O) groups is 3. The molecule has 2 aromatic rings. The minimum atomic E-state index is -0.980. The molecule has 0 aliphatic carbocycles. The Hall–Kier alpha value is -2.43. The van der Waals surface area contributed by atoms with Crippen LogP contribution in [0.5, 0.6) is 0 Å². The van der Waals surface area contributed by atoms with Crippen molar-refractivity contribution >= 4 is 64.1 Å². The molecule has 35 heavy (non-hydrogen) atoms. The fourth-order valence-electron chi connectivity index (χ4n) is 3.82. The number of benzene rings is 2. The minimum absolute atomic E-state index is 0.0558. The molecule has 6 nitrogen and oxygen atoms in total. The molecule has 10 heteroatoms. The molecule has 0 spiro atoms. The summed E-state index contributed by atoms with van der Waals surface area (Å²) >= 11 is 24.3. The van der Waals surface area contributed by atoms with Gasteiger partial charge in [-0.1, -0.05) is 64.5 Å². The van der Waals surface area contributed by atoms with Crippen LogP contribution in [0.15, 0.2) is 36.4 Å². The summed E-state index contributed by atoms with van der Waals surface area (Å²) in [4.78, 5) is 41.3. The second-order valence-electron chi connectivity index (χ2n) is 8.03. The van der Waals surface area contributed by atoms with Crippen molar-refractivity contribution in [3.05, 3.63) is 67.6 Å². The molecule has 184 valence electrons. The molecule has 1 N–H and O–H groups in total. The number of carbonyl (C=O) groups excluding carboxylic acids is 3. The molecular weight excluding hydrogens is 532 g/mol. The zero-order valence-corrected chi connectivity index (χ0v) is 21.7. The van der Waals surface area contributed by atoms with E-state index in [4.69, 9.17) is 52.8 Å². The summed E-state index contributed by atoms with van der Waals surface area (Å²) < 4.78 is 0. The Morgan fingerprint density at radius 2 is 1.60 bits per heavy atom. The molecular formula is C25H23Cl4N3O3. The van der Waals surface area contributed by atoms with Crippen molar-refractivity contribution < 1.29 is 14.4 Å². The van der Waals surface area contributed by atoms with Crippen molar-refractivity contribution in [2.45, 2.75) is 25.3 Å². The highest BCUT2D eigenvalue weighted by Crippen LogP contribution is 2.23. The molecule has 1 unspecified atom stereocenters. The van der Waals surface area contributed by atoms with Crippen LogP contribution in [-0.4, -0.2) is 59.7 Å². The SMILES string of the molecule is C#CCN1C(=O)CN(CCc2ccc(Cl)cc2Cl)C(=O)C1CC(=O)NCCc1ccc(Cl)cc1Cl. The number of rotatable bonds is 9. The molecule has 1 atom stereocenters. The first-order valence-corrected chi connectivity index (χ1v) is 12.4. The number of nitrogens with zero attached hydrogens (tertiary/aromatic N) is 2. The molecule has 3 amide bonds. The Balaban J connectivity index is 1.62. The Morgan fingerprint density at radius 3 is 2.17 bits per heavy atom. The number of hydrogen-bond donors (Lipinski definition) is 1. The maximum Gasteiger partial charge on any atom is 0.246 e.